The second kappa shape index (κ2) is 5.60. The highest BCUT2D eigenvalue weighted by Gasteiger charge is 2.34. The van der Waals surface area contributed by atoms with Crippen molar-refractivity contribution >= 4 is 11.6 Å². The fourth-order valence-electron chi connectivity index (χ4n) is 2.67. The van der Waals surface area contributed by atoms with Gasteiger partial charge in [0.1, 0.15) is 5.69 Å². The Morgan fingerprint density at radius 3 is 2.33 bits per heavy atom. The second-order valence-corrected chi connectivity index (χ2v) is 6.56. The normalized spacial score (nSPS) is 19.0. The summed E-state index contributed by atoms with van der Waals surface area (Å²) in [6, 6.07) is 2.04. The Kier molecular flexibility index (Phi) is 4.18. The summed E-state index contributed by atoms with van der Waals surface area (Å²) in [5.74, 6) is 3.35. The molecule has 1 heterocycles. The van der Waals surface area contributed by atoms with E-state index in [1.54, 1.807) is 4.90 Å². The van der Waals surface area contributed by atoms with Gasteiger partial charge in [-0.3, -0.25) is 10.6 Å². The SMILES string of the molecule is CC(C)(C)C1CCN(C(=O)c2cc(F)c(NN)c(F)c2)C1. The number of amides is 1. The zero-order chi connectivity index (χ0) is 15.8. The van der Waals surface area contributed by atoms with Crippen LogP contribution in [0.2, 0.25) is 0 Å². The molecule has 2 rings (SSSR count). The lowest BCUT2D eigenvalue weighted by atomic mass is 9.80. The lowest BCUT2D eigenvalue weighted by Gasteiger charge is -2.27. The predicted octanol–water partition coefficient (Wildman–Crippen LogP) is 2.76. The minimum Gasteiger partial charge on any atom is -0.338 e. The molecule has 0 radical (unpaired) electrons. The highest BCUT2D eigenvalue weighted by molar-refractivity contribution is 5.94. The predicted molar refractivity (Wildman–Crippen MR) is 77.6 cm³/mol. The molecule has 1 saturated heterocycles. The fourth-order valence-corrected chi connectivity index (χ4v) is 2.67. The summed E-state index contributed by atoms with van der Waals surface area (Å²) in [7, 11) is 0. The third-order valence-electron chi connectivity index (χ3n) is 4.13. The van der Waals surface area contributed by atoms with E-state index >= 15 is 0 Å². The van der Waals surface area contributed by atoms with Crippen molar-refractivity contribution in [3.63, 3.8) is 0 Å². The minimum atomic E-state index is -0.868. The maximum atomic E-state index is 13.7. The number of nitrogens with one attached hydrogen (secondary N) is 1. The molecule has 0 saturated carbocycles. The lowest BCUT2D eigenvalue weighted by molar-refractivity contribution is 0.0775. The van der Waals surface area contributed by atoms with Gasteiger partial charge in [0.2, 0.25) is 0 Å². The Bertz CT molecular complexity index is 531. The number of hydrogen-bond donors (Lipinski definition) is 2. The van der Waals surface area contributed by atoms with E-state index in [0.29, 0.717) is 19.0 Å². The first-order valence-corrected chi connectivity index (χ1v) is 6.99. The van der Waals surface area contributed by atoms with Crippen LogP contribution in [0.15, 0.2) is 12.1 Å². The molecular formula is C15H21F2N3O. The van der Waals surface area contributed by atoms with Gasteiger partial charge in [-0.1, -0.05) is 20.8 Å². The van der Waals surface area contributed by atoms with Crippen LogP contribution in [0, 0.1) is 23.0 Å². The van der Waals surface area contributed by atoms with Gasteiger partial charge in [-0.15, -0.1) is 0 Å². The maximum Gasteiger partial charge on any atom is 0.254 e. The number of hydrogen-bond acceptors (Lipinski definition) is 3. The fraction of sp³-hybridized carbons (Fsp3) is 0.533. The summed E-state index contributed by atoms with van der Waals surface area (Å²) in [4.78, 5) is 14.0. The van der Waals surface area contributed by atoms with E-state index in [-0.39, 0.29) is 16.9 Å². The maximum absolute atomic E-state index is 13.7. The summed E-state index contributed by atoms with van der Waals surface area (Å²) in [6.45, 7) is 7.62. The molecule has 4 nitrogen and oxygen atoms in total. The molecule has 0 bridgehead atoms. The molecule has 1 aromatic rings. The Labute approximate surface area is 123 Å². The van der Waals surface area contributed by atoms with Crippen molar-refractivity contribution in [2.45, 2.75) is 27.2 Å². The monoisotopic (exact) mass is 297 g/mol. The van der Waals surface area contributed by atoms with Crippen LogP contribution in [-0.2, 0) is 0 Å². The number of carbonyl (C=O) groups is 1. The van der Waals surface area contributed by atoms with E-state index in [1.807, 2.05) is 5.43 Å². The molecule has 0 aromatic heterocycles. The van der Waals surface area contributed by atoms with Crippen LogP contribution in [0.4, 0.5) is 14.5 Å². The molecular weight excluding hydrogens is 276 g/mol. The van der Waals surface area contributed by atoms with Crippen LogP contribution in [0.1, 0.15) is 37.6 Å². The molecule has 1 unspecified atom stereocenters. The van der Waals surface area contributed by atoms with Crippen LogP contribution >= 0.6 is 0 Å². The van der Waals surface area contributed by atoms with E-state index in [9.17, 15) is 13.6 Å². The largest absolute Gasteiger partial charge is 0.338 e. The van der Waals surface area contributed by atoms with Gasteiger partial charge < -0.3 is 10.3 Å². The standard InChI is InChI=1S/C15H21F2N3O/c1-15(2,3)10-4-5-20(8-10)14(21)9-6-11(16)13(19-18)12(17)7-9/h6-7,10,19H,4-5,8,18H2,1-3H3. The average molecular weight is 297 g/mol. The Hall–Kier alpha value is -1.69. The summed E-state index contributed by atoms with van der Waals surface area (Å²) in [6.07, 6.45) is 0.905. The first-order valence-electron chi connectivity index (χ1n) is 6.99. The zero-order valence-electron chi connectivity index (χ0n) is 12.5. The number of nitrogens with two attached hydrogens (primary N) is 1. The highest BCUT2D eigenvalue weighted by Crippen LogP contribution is 2.34. The lowest BCUT2D eigenvalue weighted by Crippen LogP contribution is -2.31. The quantitative estimate of drug-likeness (QED) is 0.652. The van der Waals surface area contributed by atoms with Crippen molar-refractivity contribution in [3.8, 4) is 0 Å². The van der Waals surface area contributed by atoms with Gasteiger partial charge in [-0.25, -0.2) is 8.78 Å². The molecule has 1 amide bonds. The van der Waals surface area contributed by atoms with Gasteiger partial charge in [0.15, 0.2) is 11.6 Å². The average Bonchev–Trinajstić information content (AvgIpc) is 2.86. The number of rotatable bonds is 2. The Morgan fingerprint density at radius 1 is 1.33 bits per heavy atom. The number of nitrogens with zero attached hydrogens (tertiary/aromatic N) is 1. The van der Waals surface area contributed by atoms with E-state index in [0.717, 1.165) is 18.6 Å². The number of hydrazine groups is 1. The Morgan fingerprint density at radius 2 is 1.90 bits per heavy atom. The van der Waals surface area contributed by atoms with Crippen molar-refractivity contribution in [2.75, 3.05) is 18.5 Å². The highest BCUT2D eigenvalue weighted by atomic mass is 19.1. The molecule has 3 N–H and O–H groups in total. The van der Waals surface area contributed by atoms with Gasteiger partial charge in [0.05, 0.1) is 0 Å². The second-order valence-electron chi connectivity index (χ2n) is 6.56. The summed E-state index contributed by atoms with van der Waals surface area (Å²) in [5.41, 5.74) is 1.64. The topological polar surface area (TPSA) is 58.4 Å². The molecule has 6 heteroatoms. The molecule has 1 aromatic carbocycles. The van der Waals surface area contributed by atoms with Gasteiger partial charge in [-0.2, -0.15) is 0 Å². The minimum absolute atomic E-state index is 0.0126. The van der Waals surface area contributed by atoms with Crippen molar-refractivity contribution in [2.24, 2.45) is 17.2 Å². The molecule has 1 atom stereocenters. The smallest absolute Gasteiger partial charge is 0.254 e. The number of benzene rings is 1. The molecule has 116 valence electrons. The van der Waals surface area contributed by atoms with E-state index in [1.165, 1.54) is 0 Å². The number of halogens is 2. The number of nitrogen functional groups attached to an aromatic ring is 1. The van der Waals surface area contributed by atoms with Gasteiger partial charge in [0.25, 0.3) is 5.91 Å². The van der Waals surface area contributed by atoms with E-state index in [4.69, 9.17) is 5.84 Å². The van der Waals surface area contributed by atoms with Gasteiger partial charge in [-0.05, 0) is 29.9 Å². The Balaban J connectivity index is 2.19. The molecule has 1 fully saturated rings. The van der Waals surface area contributed by atoms with Gasteiger partial charge >= 0.3 is 0 Å². The molecule has 0 aliphatic carbocycles. The summed E-state index contributed by atoms with van der Waals surface area (Å²) in [5, 5.41) is 0. The molecule has 1 aliphatic rings. The van der Waals surface area contributed by atoms with Crippen molar-refractivity contribution in [1.29, 1.82) is 0 Å². The van der Waals surface area contributed by atoms with Crippen LogP contribution in [0.25, 0.3) is 0 Å². The van der Waals surface area contributed by atoms with Crippen LogP contribution in [0.5, 0.6) is 0 Å². The third-order valence-corrected chi connectivity index (χ3v) is 4.13. The number of anilines is 1. The molecule has 1 aliphatic heterocycles. The number of likely N-dealkylation sites (tertiary alicyclic amines) is 1. The summed E-state index contributed by atoms with van der Waals surface area (Å²) >= 11 is 0. The van der Waals surface area contributed by atoms with Crippen molar-refractivity contribution in [3.05, 3.63) is 29.3 Å². The first-order chi connectivity index (χ1) is 9.74. The van der Waals surface area contributed by atoms with Gasteiger partial charge in [0, 0.05) is 18.7 Å². The van der Waals surface area contributed by atoms with Crippen LogP contribution < -0.4 is 11.3 Å². The third kappa shape index (κ3) is 3.15. The van der Waals surface area contributed by atoms with E-state index in [2.05, 4.69) is 20.8 Å². The van der Waals surface area contributed by atoms with Crippen molar-refractivity contribution in [1.82, 2.24) is 4.90 Å². The first kappa shape index (κ1) is 15.7. The van der Waals surface area contributed by atoms with Crippen LogP contribution in [-0.4, -0.2) is 23.9 Å². The van der Waals surface area contributed by atoms with Crippen LogP contribution in [0.3, 0.4) is 0 Å². The molecule has 0 spiro atoms. The van der Waals surface area contributed by atoms with Crippen molar-refractivity contribution < 1.29 is 13.6 Å². The van der Waals surface area contributed by atoms with E-state index < -0.39 is 17.3 Å². The zero-order valence-corrected chi connectivity index (χ0v) is 12.5. The molecule has 21 heavy (non-hydrogen) atoms. The summed E-state index contributed by atoms with van der Waals surface area (Å²) < 4.78 is 27.3. The number of carbonyl (C=O) groups excluding carboxylic acids is 1.